The zero-order valence-corrected chi connectivity index (χ0v) is 11.8. The quantitative estimate of drug-likeness (QED) is 0.627. The van der Waals surface area contributed by atoms with E-state index in [1.807, 2.05) is 0 Å². The molecule has 2 heteroatoms. The smallest absolute Gasteiger partial charge is 0.0229 e. The highest BCUT2D eigenvalue weighted by molar-refractivity contribution is 6.17. The van der Waals surface area contributed by atoms with Crippen LogP contribution in [0.3, 0.4) is 0 Å². The standard InChI is InChI=1S/C14H28ClN/c1-3-7-13(4-2)16-12-14(10-11-15)8-5-6-9-14/h13,16H,3-12H2,1-2H3/t13-/m1/s1. The first-order chi connectivity index (χ1) is 7.76. The van der Waals surface area contributed by atoms with Crippen LogP contribution in [0, 0.1) is 5.41 Å². The Kier molecular flexibility index (Phi) is 6.75. The van der Waals surface area contributed by atoms with Gasteiger partial charge in [-0.1, -0.05) is 33.1 Å². The van der Waals surface area contributed by atoms with Crippen molar-refractivity contribution in [1.82, 2.24) is 5.32 Å². The van der Waals surface area contributed by atoms with E-state index in [4.69, 9.17) is 11.6 Å². The summed E-state index contributed by atoms with van der Waals surface area (Å²) < 4.78 is 0. The SMILES string of the molecule is CCC[C@@H](CC)NCC1(CCCl)CCCC1. The van der Waals surface area contributed by atoms with Crippen LogP contribution >= 0.6 is 11.6 Å². The Labute approximate surface area is 106 Å². The Morgan fingerprint density at radius 2 is 1.94 bits per heavy atom. The first-order valence-corrected chi connectivity index (χ1v) is 7.59. The highest BCUT2D eigenvalue weighted by Crippen LogP contribution is 2.40. The Bertz CT molecular complexity index is 176. The first-order valence-electron chi connectivity index (χ1n) is 7.05. The molecule has 1 aliphatic carbocycles. The van der Waals surface area contributed by atoms with E-state index in [0.29, 0.717) is 5.41 Å². The van der Waals surface area contributed by atoms with Gasteiger partial charge in [0.15, 0.2) is 0 Å². The molecule has 1 aliphatic rings. The zero-order chi connectivity index (χ0) is 11.9. The molecule has 0 saturated heterocycles. The van der Waals surface area contributed by atoms with Crippen molar-refractivity contribution in [2.45, 2.75) is 71.3 Å². The largest absolute Gasteiger partial charge is 0.313 e. The molecule has 0 bridgehead atoms. The van der Waals surface area contributed by atoms with Gasteiger partial charge in [0.05, 0.1) is 0 Å². The number of rotatable bonds is 8. The fourth-order valence-electron chi connectivity index (χ4n) is 3.00. The summed E-state index contributed by atoms with van der Waals surface area (Å²) >= 11 is 5.95. The second-order valence-corrected chi connectivity index (χ2v) is 5.80. The van der Waals surface area contributed by atoms with Crippen LogP contribution in [-0.4, -0.2) is 18.5 Å². The molecule has 96 valence electrons. The summed E-state index contributed by atoms with van der Waals surface area (Å²) in [7, 11) is 0. The van der Waals surface area contributed by atoms with Gasteiger partial charge in [-0.25, -0.2) is 0 Å². The molecule has 1 nitrogen and oxygen atoms in total. The fraction of sp³-hybridized carbons (Fsp3) is 1.00. The van der Waals surface area contributed by atoms with Crippen molar-refractivity contribution >= 4 is 11.6 Å². The summed E-state index contributed by atoms with van der Waals surface area (Å²) in [5, 5.41) is 3.78. The monoisotopic (exact) mass is 245 g/mol. The molecule has 16 heavy (non-hydrogen) atoms. The molecule has 0 aliphatic heterocycles. The second kappa shape index (κ2) is 7.55. The van der Waals surface area contributed by atoms with Crippen molar-refractivity contribution in [3.05, 3.63) is 0 Å². The highest BCUT2D eigenvalue weighted by Gasteiger charge is 2.33. The van der Waals surface area contributed by atoms with E-state index >= 15 is 0 Å². The molecule has 1 atom stereocenters. The number of hydrogen-bond donors (Lipinski definition) is 1. The van der Waals surface area contributed by atoms with Gasteiger partial charge in [0.2, 0.25) is 0 Å². The third-order valence-electron chi connectivity index (χ3n) is 4.18. The highest BCUT2D eigenvalue weighted by atomic mass is 35.5. The van der Waals surface area contributed by atoms with E-state index in [2.05, 4.69) is 19.2 Å². The molecule has 0 heterocycles. The predicted octanol–water partition coefficient (Wildman–Crippen LogP) is 4.34. The fourth-order valence-corrected chi connectivity index (χ4v) is 3.40. The molecule has 0 unspecified atom stereocenters. The van der Waals surface area contributed by atoms with Crippen LogP contribution in [-0.2, 0) is 0 Å². The molecule has 0 radical (unpaired) electrons. The van der Waals surface area contributed by atoms with Crippen molar-refractivity contribution in [3.8, 4) is 0 Å². The van der Waals surface area contributed by atoms with Gasteiger partial charge in [-0.05, 0) is 37.5 Å². The van der Waals surface area contributed by atoms with Gasteiger partial charge in [0.25, 0.3) is 0 Å². The Hall–Kier alpha value is 0.250. The Morgan fingerprint density at radius 3 is 2.44 bits per heavy atom. The third-order valence-corrected chi connectivity index (χ3v) is 4.37. The average molecular weight is 246 g/mol. The van der Waals surface area contributed by atoms with E-state index in [1.165, 1.54) is 57.9 Å². The van der Waals surface area contributed by atoms with Gasteiger partial charge < -0.3 is 5.32 Å². The maximum absolute atomic E-state index is 5.95. The van der Waals surface area contributed by atoms with Crippen molar-refractivity contribution in [2.24, 2.45) is 5.41 Å². The molecule has 0 aromatic heterocycles. The van der Waals surface area contributed by atoms with Gasteiger partial charge in [-0.2, -0.15) is 0 Å². The molecular formula is C14H28ClN. The lowest BCUT2D eigenvalue weighted by molar-refractivity contribution is 0.252. The van der Waals surface area contributed by atoms with E-state index < -0.39 is 0 Å². The summed E-state index contributed by atoms with van der Waals surface area (Å²) in [6, 6.07) is 0.720. The van der Waals surface area contributed by atoms with Crippen LogP contribution in [0.5, 0.6) is 0 Å². The van der Waals surface area contributed by atoms with Crippen LogP contribution in [0.4, 0.5) is 0 Å². The molecule has 1 fully saturated rings. The van der Waals surface area contributed by atoms with E-state index in [1.54, 1.807) is 0 Å². The van der Waals surface area contributed by atoms with Crippen LogP contribution in [0.2, 0.25) is 0 Å². The maximum atomic E-state index is 5.95. The van der Waals surface area contributed by atoms with Crippen LogP contribution in [0.25, 0.3) is 0 Å². The summed E-state index contributed by atoms with van der Waals surface area (Å²) in [4.78, 5) is 0. The second-order valence-electron chi connectivity index (χ2n) is 5.42. The third kappa shape index (κ3) is 4.25. The molecule has 1 saturated carbocycles. The molecule has 1 N–H and O–H groups in total. The van der Waals surface area contributed by atoms with Gasteiger partial charge in [0, 0.05) is 18.5 Å². The molecule has 0 spiro atoms. The molecule has 0 aromatic carbocycles. The van der Waals surface area contributed by atoms with E-state index in [0.717, 1.165) is 11.9 Å². The Balaban J connectivity index is 2.36. The van der Waals surface area contributed by atoms with Crippen molar-refractivity contribution in [1.29, 1.82) is 0 Å². The summed E-state index contributed by atoms with van der Waals surface area (Å²) in [6.45, 7) is 5.75. The van der Waals surface area contributed by atoms with Crippen molar-refractivity contribution < 1.29 is 0 Å². The number of hydrogen-bond acceptors (Lipinski definition) is 1. The minimum absolute atomic E-state index is 0.531. The molecule has 1 rings (SSSR count). The molecular weight excluding hydrogens is 218 g/mol. The minimum atomic E-state index is 0.531. The van der Waals surface area contributed by atoms with E-state index in [9.17, 15) is 0 Å². The van der Waals surface area contributed by atoms with Crippen molar-refractivity contribution in [2.75, 3.05) is 12.4 Å². The van der Waals surface area contributed by atoms with Crippen LogP contribution in [0.1, 0.15) is 65.2 Å². The molecule has 0 amide bonds. The van der Waals surface area contributed by atoms with Crippen LogP contribution < -0.4 is 5.32 Å². The predicted molar refractivity (Wildman–Crippen MR) is 73.2 cm³/mol. The topological polar surface area (TPSA) is 12.0 Å². The molecule has 0 aromatic rings. The minimum Gasteiger partial charge on any atom is -0.313 e. The first kappa shape index (κ1) is 14.3. The van der Waals surface area contributed by atoms with Gasteiger partial charge in [-0.15, -0.1) is 11.6 Å². The van der Waals surface area contributed by atoms with Gasteiger partial charge in [0.1, 0.15) is 0 Å². The van der Waals surface area contributed by atoms with Gasteiger partial charge in [-0.3, -0.25) is 0 Å². The Morgan fingerprint density at radius 1 is 1.25 bits per heavy atom. The number of alkyl halides is 1. The lowest BCUT2D eigenvalue weighted by Crippen LogP contribution is -2.38. The maximum Gasteiger partial charge on any atom is 0.0229 e. The van der Waals surface area contributed by atoms with E-state index in [-0.39, 0.29) is 0 Å². The van der Waals surface area contributed by atoms with Gasteiger partial charge >= 0.3 is 0 Å². The van der Waals surface area contributed by atoms with Crippen LogP contribution in [0.15, 0.2) is 0 Å². The number of nitrogens with one attached hydrogen (secondary N) is 1. The summed E-state index contributed by atoms with van der Waals surface area (Å²) in [5.41, 5.74) is 0.531. The lowest BCUT2D eigenvalue weighted by atomic mass is 9.83. The summed E-state index contributed by atoms with van der Waals surface area (Å²) in [6.07, 6.45) is 10.6. The summed E-state index contributed by atoms with van der Waals surface area (Å²) in [5.74, 6) is 0.826. The number of halogens is 1. The zero-order valence-electron chi connectivity index (χ0n) is 11.0. The van der Waals surface area contributed by atoms with Crippen molar-refractivity contribution in [3.63, 3.8) is 0 Å². The normalized spacial score (nSPS) is 21.2. The average Bonchev–Trinajstić information content (AvgIpc) is 2.74. The lowest BCUT2D eigenvalue weighted by Gasteiger charge is -2.31.